The lowest BCUT2D eigenvalue weighted by Crippen LogP contribution is -2.30. The van der Waals surface area contributed by atoms with Crippen LogP contribution in [-0.4, -0.2) is 44.2 Å². The zero-order chi connectivity index (χ0) is 16.9. The van der Waals surface area contributed by atoms with Gasteiger partial charge in [0.05, 0.1) is 17.7 Å². The molecule has 0 spiro atoms. The van der Waals surface area contributed by atoms with Crippen LogP contribution >= 0.6 is 11.6 Å². The maximum atomic E-state index is 12.5. The van der Waals surface area contributed by atoms with E-state index in [-0.39, 0.29) is 10.6 Å². The maximum absolute atomic E-state index is 12.5. The molecule has 124 valence electrons. The number of rotatable bonds is 7. The number of nitrogens with one attached hydrogen (secondary N) is 1. The first-order chi connectivity index (χ1) is 10.3. The normalized spacial score (nSPS) is 13.0. The zero-order valence-electron chi connectivity index (χ0n) is 13.1. The molecule has 1 N–H and O–H groups in total. The van der Waals surface area contributed by atoms with E-state index in [1.807, 2.05) is 0 Å². The van der Waals surface area contributed by atoms with Crippen molar-refractivity contribution >= 4 is 33.2 Å². The fourth-order valence-corrected chi connectivity index (χ4v) is 3.43. The number of carbonyl (C=O) groups excluding carboxylic acids is 1. The number of hydrogen-bond donors (Lipinski definition) is 1. The SMILES string of the molecule is CCN(CC)S(=O)(=O)c1ccc(OC)c(NC(=O)[C@@H](C)Cl)c1. The molecule has 0 saturated heterocycles. The maximum Gasteiger partial charge on any atom is 0.243 e. The van der Waals surface area contributed by atoms with Crippen molar-refractivity contribution in [2.45, 2.75) is 31.0 Å². The van der Waals surface area contributed by atoms with Crippen LogP contribution in [0.5, 0.6) is 5.75 Å². The second-order valence-corrected chi connectivity index (χ2v) is 7.15. The molecular formula is C14H21ClN2O4S. The quantitative estimate of drug-likeness (QED) is 0.767. The number of methoxy groups -OCH3 is 1. The minimum absolute atomic E-state index is 0.0922. The summed E-state index contributed by atoms with van der Waals surface area (Å²) in [4.78, 5) is 11.8. The molecule has 1 aromatic rings. The second kappa shape index (κ2) is 7.80. The highest BCUT2D eigenvalue weighted by molar-refractivity contribution is 7.89. The Bertz CT molecular complexity index is 628. The second-order valence-electron chi connectivity index (χ2n) is 4.56. The van der Waals surface area contributed by atoms with Gasteiger partial charge < -0.3 is 10.1 Å². The van der Waals surface area contributed by atoms with Gasteiger partial charge in [0, 0.05) is 13.1 Å². The van der Waals surface area contributed by atoms with E-state index in [1.54, 1.807) is 13.8 Å². The molecule has 1 amide bonds. The number of amides is 1. The number of anilines is 1. The van der Waals surface area contributed by atoms with Gasteiger partial charge in [-0.3, -0.25) is 4.79 Å². The van der Waals surface area contributed by atoms with Crippen molar-refractivity contribution in [1.82, 2.24) is 4.31 Å². The van der Waals surface area contributed by atoms with Crippen LogP contribution in [0, 0.1) is 0 Å². The number of alkyl halides is 1. The van der Waals surface area contributed by atoms with Crippen molar-refractivity contribution in [2.75, 3.05) is 25.5 Å². The van der Waals surface area contributed by atoms with Gasteiger partial charge in [-0.25, -0.2) is 8.42 Å². The van der Waals surface area contributed by atoms with Crippen LogP contribution in [0.2, 0.25) is 0 Å². The molecule has 1 aromatic carbocycles. The Labute approximate surface area is 136 Å². The topological polar surface area (TPSA) is 75.7 Å². The number of sulfonamides is 1. The summed E-state index contributed by atoms with van der Waals surface area (Å²) in [5.74, 6) is -0.0680. The highest BCUT2D eigenvalue weighted by Crippen LogP contribution is 2.29. The van der Waals surface area contributed by atoms with Crippen molar-refractivity contribution in [1.29, 1.82) is 0 Å². The van der Waals surface area contributed by atoms with Crippen LogP contribution in [0.1, 0.15) is 20.8 Å². The highest BCUT2D eigenvalue weighted by Gasteiger charge is 2.23. The molecule has 0 heterocycles. The molecule has 0 aliphatic heterocycles. The van der Waals surface area contributed by atoms with E-state index in [9.17, 15) is 13.2 Å². The van der Waals surface area contributed by atoms with Gasteiger partial charge in [-0.1, -0.05) is 13.8 Å². The lowest BCUT2D eigenvalue weighted by Gasteiger charge is -2.19. The van der Waals surface area contributed by atoms with Crippen LogP contribution in [0.25, 0.3) is 0 Å². The molecular weight excluding hydrogens is 328 g/mol. The minimum Gasteiger partial charge on any atom is -0.495 e. The number of carbonyl (C=O) groups is 1. The fourth-order valence-electron chi connectivity index (χ4n) is 1.89. The predicted molar refractivity (Wildman–Crippen MR) is 87.0 cm³/mol. The van der Waals surface area contributed by atoms with Gasteiger partial charge in [-0.2, -0.15) is 4.31 Å². The number of hydrogen-bond acceptors (Lipinski definition) is 4. The summed E-state index contributed by atoms with van der Waals surface area (Å²) in [6.45, 7) is 5.79. The van der Waals surface area contributed by atoms with Crippen LogP contribution in [-0.2, 0) is 14.8 Å². The Hall–Kier alpha value is -1.31. The monoisotopic (exact) mass is 348 g/mol. The molecule has 0 saturated carbocycles. The van der Waals surface area contributed by atoms with E-state index in [1.165, 1.54) is 36.5 Å². The Balaban J connectivity index is 3.28. The highest BCUT2D eigenvalue weighted by atomic mass is 35.5. The molecule has 0 aromatic heterocycles. The molecule has 1 atom stereocenters. The molecule has 0 unspecified atom stereocenters. The molecule has 0 bridgehead atoms. The average molecular weight is 349 g/mol. The van der Waals surface area contributed by atoms with Crippen molar-refractivity contribution in [3.8, 4) is 5.75 Å². The lowest BCUT2D eigenvalue weighted by molar-refractivity contribution is -0.115. The summed E-state index contributed by atoms with van der Waals surface area (Å²) in [6.07, 6.45) is 0. The first-order valence-electron chi connectivity index (χ1n) is 6.91. The smallest absolute Gasteiger partial charge is 0.243 e. The van der Waals surface area contributed by atoms with Crippen LogP contribution in [0.4, 0.5) is 5.69 Å². The number of nitrogens with zero attached hydrogens (tertiary/aromatic N) is 1. The molecule has 1 rings (SSSR count). The molecule has 0 radical (unpaired) electrons. The molecule has 0 aliphatic carbocycles. The van der Waals surface area contributed by atoms with Gasteiger partial charge in [0.15, 0.2) is 0 Å². The Kier molecular flexibility index (Phi) is 6.65. The van der Waals surface area contributed by atoms with Crippen molar-refractivity contribution in [2.24, 2.45) is 0 Å². The zero-order valence-corrected chi connectivity index (χ0v) is 14.7. The van der Waals surface area contributed by atoms with E-state index in [0.717, 1.165) is 0 Å². The summed E-state index contributed by atoms with van der Waals surface area (Å²) in [7, 11) is -2.17. The third-order valence-corrected chi connectivity index (χ3v) is 5.38. The van der Waals surface area contributed by atoms with Crippen LogP contribution < -0.4 is 10.1 Å². The molecule has 22 heavy (non-hydrogen) atoms. The lowest BCUT2D eigenvalue weighted by atomic mass is 10.3. The number of halogens is 1. The van der Waals surface area contributed by atoms with Gasteiger partial charge in [0.1, 0.15) is 11.1 Å². The summed E-state index contributed by atoms with van der Waals surface area (Å²) in [6, 6.07) is 4.33. The van der Waals surface area contributed by atoms with E-state index < -0.39 is 21.3 Å². The minimum atomic E-state index is -3.61. The van der Waals surface area contributed by atoms with E-state index in [0.29, 0.717) is 18.8 Å². The van der Waals surface area contributed by atoms with Crippen LogP contribution in [0.15, 0.2) is 23.1 Å². The fraction of sp³-hybridized carbons (Fsp3) is 0.500. The Morgan fingerprint density at radius 3 is 2.41 bits per heavy atom. The summed E-state index contributed by atoms with van der Waals surface area (Å²) in [5, 5.41) is 1.83. The third kappa shape index (κ3) is 4.12. The van der Waals surface area contributed by atoms with E-state index in [2.05, 4.69) is 5.32 Å². The molecule has 6 nitrogen and oxygen atoms in total. The van der Waals surface area contributed by atoms with Gasteiger partial charge in [0.2, 0.25) is 15.9 Å². The van der Waals surface area contributed by atoms with Crippen molar-refractivity contribution in [3.05, 3.63) is 18.2 Å². The van der Waals surface area contributed by atoms with Crippen molar-refractivity contribution in [3.63, 3.8) is 0 Å². The largest absolute Gasteiger partial charge is 0.495 e. The Morgan fingerprint density at radius 2 is 1.95 bits per heavy atom. The van der Waals surface area contributed by atoms with Gasteiger partial charge in [0.25, 0.3) is 0 Å². The first-order valence-corrected chi connectivity index (χ1v) is 8.78. The standard InChI is InChI=1S/C14H21ClN2O4S/c1-5-17(6-2)22(19,20)11-7-8-13(21-4)12(9-11)16-14(18)10(3)15/h7-10H,5-6H2,1-4H3,(H,16,18)/t10-/m1/s1. The predicted octanol–water partition coefficient (Wildman–Crippen LogP) is 2.29. The number of benzene rings is 1. The summed E-state index contributed by atoms with van der Waals surface area (Å²) >= 11 is 5.72. The molecule has 8 heteroatoms. The van der Waals surface area contributed by atoms with Gasteiger partial charge in [-0.15, -0.1) is 11.6 Å². The molecule has 0 fully saturated rings. The third-order valence-electron chi connectivity index (χ3n) is 3.13. The summed E-state index contributed by atoms with van der Waals surface area (Å²) in [5.41, 5.74) is 0.272. The average Bonchev–Trinajstić information content (AvgIpc) is 2.47. The van der Waals surface area contributed by atoms with Gasteiger partial charge >= 0.3 is 0 Å². The van der Waals surface area contributed by atoms with E-state index in [4.69, 9.17) is 16.3 Å². The summed E-state index contributed by atoms with van der Waals surface area (Å²) < 4.78 is 31.5. The van der Waals surface area contributed by atoms with Crippen LogP contribution in [0.3, 0.4) is 0 Å². The van der Waals surface area contributed by atoms with Gasteiger partial charge in [-0.05, 0) is 25.1 Å². The Morgan fingerprint density at radius 1 is 1.36 bits per heavy atom. The first kappa shape index (κ1) is 18.7. The van der Waals surface area contributed by atoms with E-state index >= 15 is 0 Å². The number of ether oxygens (including phenoxy) is 1. The van der Waals surface area contributed by atoms with Crippen molar-refractivity contribution < 1.29 is 17.9 Å². The molecule has 0 aliphatic rings.